The van der Waals surface area contributed by atoms with Crippen LogP contribution in [0.1, 0.15) is 19.8 Å². The number of rotatable bonds is 6. The Morgan fingerprint density at radius 3 is 2.43 bits per heavy atom. The predicted octanol–water partition coefficient (Wildman–Crippen LogP) is -0.101. The van der Waals surface area contributed by atoms with Gasteiger partial charge in [-0.2, -0.15) is 0 Å². The monoisotopic (exact) mass is 222 g/mol. The summed E-state index contributed by atoms with van der Waals surface area (Å²) in [7, 11) is 0. The standard InChI is InChI=1S/C7H14N2O4S/c1-2-5(7(11)9-13)14-4-3-6(10)8-12/h5,12-13H,2-4H2,1H3,(H,8,10)(H,9,11). The minimum Gasteiger partial charge on any atom is -0.289 e. The summed E-state index contributed by atoms with van der Waals surface area (Å²) >= 11 is 1.25. The molecule has 2 amide bonds. The van der Waals surface area contributed by atoms with E-state index >= 15 is 0 Å². The summed E-state index contributed by atoms with van der Waals surface area (Å²) in [6, 6.07) is 0. The lowest BCUT2D eigenvalue weighted by Gasteiger charge is -2.11. The third-order valence-electron chi connectivity index (χ3n) is 1.55. The van der Waals surface area contributed by atoms with Crippen molar-refractivity contribution >= 4 is 23.6 Å². The summed E-state index contributed by atoms with van der Waals surface area (Å²) in [6.07, 6.45) is 0.703. The van der Waals surface area contributed by atoms with Crippen molar-refractivity contribution in [3.63, 3.8) is 0 Å². The molecule has 0 saturated heterocycles. The van der Waals surface area contributed by atoms with Crippen LogP contribution >= 0.6 is 11.8 Å². The molecule has 1 unspecified atom stereocenters. The topological polar surface area (TPSA) is 98.7 Å². The Morgan fingerprint density at radius 2 is 2.00 bits per heavy atom. The van der Waals surface area contributed by atoms with Gasteiger partial charge in [0.05, 0.1) is 5.25 Å². The van der Waals surface area contributed by atoms with E-state index in [1.54, 1.807) is 12.4 Å². The highest BCUT2D eigenvalue weighted by Crippen LogP contribution is 2.15. The lowest BCUT2D eigenvalue weighted by atomic mass is 10.3. The molecule has 0 spiro atoms. The first-order valence-electron chi connectivity index (χ1n) is 4.14. The van der Waals surface area contributed by atoms with E-state index in [-0.39, 0.29) is 11.7 Å². The minimum atomic E-state index is -0.489. The summed E-state index contributed by atoms with van der Waals surface area (Å²) in [6.45, 7) is 1.80. The van der Waals surface area contributed by atoms with E-state index in [9.17, 15) is 9.59 Å². The highest BCUT2D eigenvalue weighted by Gasteiger charge is 2.16. The quantitative estimate of drug-likeness (QED) is 0.371. The Labute approximate surface area is 86.0 Å². The lowest BCUT2D eigenvalue weighted by molar-refractivity contribution is -0.129. The highest BCUT2D eigenvalue weighted by atomic mass is 32.2. The number of nitrogens with one attached hydrogen (secondary N) is 2. The van der Waals surface area contributed by atoms with Crippen LogP contribution in [0.2, 0.25) is 0 Å². The van der Waals surface area contributed by atoms with E-state index in [2.05, 4.69) is 0 Å². The number of hydrogen-bond acceptors (Lipinski definition) is 5. The van der Waals surface area contributed by atoms with Crippen LogP contribution in [0, 0.1) is 0 Å². The van der Waals surface area contributed by atoms with Gasteiger partial charge in [-0.05, 0) is 6.42 Å². The van der Waals surface area contributed by atoms with Gasteiger partial charge in [0.25, 0.3) is 5.91 Å². The summed E-state index contributed by atoms with van der Waals surface area (Å²) in [5.74, 6) is -0.545. The van der Waals surface area contributed by atoms with Crippen LogP contribution in [0.5, 0.6) is 0 Å². The Bertz CT molecular complexity index is 200. The Morgan fingerprint density at radius 1 is 1.36 bits per heavy atom. The second-order valence-corrected chi connectivity index (χ2v) is 3.84. The van der Waals surface area contributed by atoms with Crippen molar-refractivity contribution in [3.8, 4) is 0 Å². The smallest absolute Gasteiger partial charge is 0.256 e. The highest BCUT2D eigenvalue weighted by molar-refractivity contribution is 8.00. The van der Waals surface area contributed by atoms with E-state index in [1.807, 2.05) is 0 Å². The molecule has 0 fully saturated rings. The molecule has 0 bridgehead atoms. The first kappa shape index (κ1) is 13.2. The maximum atomic E-state index is 11.0. The minimum absolute atomic E-state index is 0.135. The Kier molecular flexibility index (Phi) is 7.17. The van der Waals surface area contributed by atoms with Crippen molar-refractivity contribution in [3.05, 3.63) is 0 Å². The second-order valence-electron chi connectivity index (χ2n) is 2.53. The molecular weight excluding hydrogens is 208 g/mol. The number of carbonyl (C=O) groups excluding carboxylic acids is 2. The number of thioether (sulfide) groups is 1. The van der Waals surface area contributed by atoms with Crippen molar-refractivity contribution in [2.75, 3.05) is 5.75 Å². The van der Waals surface area contributed by atoms with Gasteiger partial charge >= 0.3 is 0 Å². The average Bonchev–Trinajstić information content (AvgIpc) is 2.22. The molecule has 0 aliphatic carbocycles. The van der Waals surface area contributed by atoms with Crippen molar-refractivity contribution in [2.24, 2.45) is 0 Å². The molecule has 82 valence electrons. The zero-order chi connectivity index (χ0) is 11.0. The second kappa shape index (κ2) is 7.60. The molecule has 0 aliphatic heterocycles. The average molecular weight is 222 g/mol. The molecule has 0 radical (unpaired) electrons. The molecule has 0 aromatic heterocycles. The third kappa shape index (κ3) is 5.05. The molecule has 0 aliphatic rings. The first-order chi connectivity index (χ1) is 6.65. The SMILES string of the molecule is CCC(SCCC(=O)NO)C(=O)NO. The van der Waals surface area contributed by atoms with Gasteiger partial charge in [0, 0.05) is 12.2 Å². The molecule has 6 nitrogen and oxygen atoms in total. The van der Waals surface area contributed by atoms with E-state index in [1.165, 1.54) is 17.2 Å². The molecule has 0 aromatic rings. The van der Waals surface area contributed by atoms with E-state index in [0.717, 1.165) is 0 Å². The molecule has 0 rings (SSSR count). The summed E-state index contributed by atoms with van der Waals surface area (Å²) in [4.78, 5) is 21.6. The summed E-state index contributed by atoms with van der Waals surface area (Å²) in [5, 5.41) is 16.2. The largest absolute Gasteiger partial charge is 0.289 e. The van der Waals surface area contributed by atoms with Gasteiger partial charge < -0.3 is 0 Å². The van der Waals surface area contributed by atoms with Crippen molar-refractivity contribution < 1.29 is 20.0 Å². The zero-order valence-electron chi connectivity index (χ0n) is 7.82. The normalized spacial score (nSPS) is 11.9. The van der Waals surface area contributed by atoms with Gasteiger partial charge in [-0.25, -0.2) is 11.0 Å². The Hall–Kier alpha value is -0.790. The third-order valence-corrected chi connectivity index (χ3v) is 2.94. The van der Waals surface area contributed by atoms with Gasteiger partial charge in [0.15, 0.2) is 0 Å². The number of amides is 2. The zero-order valence-corrected chi connectivity index (χ0v) is 8.63. The first-order valence-corrected chi connectivity index (χ1v) is 5.19. The van der Waals surface area contributed by atoms with Crippen LogP contribution in [0.3, 0.4) is 0 Å². The molecule has 1 atom stereocenters. The Balaban J connectivity index is 3.73. The molecule has 4 N–H and O–H groups in total. The lowest BCUT2D eigenvalue weighted by Crippen LogP contribution is -2.30. The van der Waals surface area contributed by atoms with Gasteiger partial charge in [0.1, 0.15) is 0 Å². The molecule has 0 heterocycles. The van der Waals surface area contributed by atoms with Crippen LogP contribution in [-0.4, -0.2) is 33.2 Å². The number of carbonyl (C=O) groups is 2. The van der Waals surface area contributed by atoms with Gasteiger partial charge in [-0.1, -0.05) is 6.92 Å². The predicted molar refractivity (Wildman–Crippen MR) is 51.0 cm³/mol. The maximum absolute atomic E-state index is 11.0. The maximum Gasteiger partial charge on any atom is 0.256 e. The summed E-state index contributed by atoms with van der Waals surface area (Å²) < 4.78 is 0. The molecule has 7 heteroatoms. The molecule has 14 heavy (non-hydrogen) atoms. The van der Waals surface area contributed by atoms with Crippen LogP contribution in [0.4, 0.5) is 0 Å². The van der Waals surface area contributed by atoms with Gasteiger partial charge in [0.2, 0.25) is 5.91 Å². The molecule has 0 saturated carbocycles. The van der Waals surface area contributed by atoms with E-state index < -0.39 is 11.8 Å². The van der Waals surface area contributed by atoms with E-state index in [0.29, 0.717) is 12.2 Å². The van der Waals surface area contributed by atoms with Crippen LogP contribution in [0.25, 0.3) is 0 Å². The van der Waals surface area contributed by atoms with Crippen LogP contribution in [-0.2, 0) is 9.59 Å². The van der Waals surface area contributed by atoms with E-state index in [4.69, 9.17) is 10.4 Å². The van der Waals surface area contributed by atoms with Crippen molar-refractivity contribution in [2.45, 2.75) is 25.0 Å². The van der Waals surface area contributed by atoms with Crippen molar-refractivity contribution in [1.82, 2.24) is 11.0 Å². The fraction of sp³-hybridized carbons (Fsp3) is 0.714. The number of hydroxylamine groups is 2. The summed E-state index contributed by atoms with van der Waals surface area (Å²) in [5.41, 5.74) is 3.06. The van der Waals surface area contributed by atoms with Crippen LogP contribution in [0.15, 0.2) is 0 Å². The van der Waals surface area contributed by atoms with Crippen molar-refractivity contribution in [1.29, 1.82) is 0 Å². The van der Waals surface area contributed by atoms with Crippen LogP contribution < -0.4 is 11.0 Å². The number of hydrogen-bond donors (Lipinski definition) is 4. The fourth-order valence-electron chi connectivity index (χ4n) is 0.801. The van der Waals surface area contributed by atoms with Gasteiger partial charge in [-0.15, -0.1) is 11.8 Å². The molecular formula is C7H14N2O4S. The molecule has 0 aromatic carbocycles. The van der Waals surface area contributed by atoms with Gasteiger partial charge in [-0.3, -0.25) is 20.0 Å². The fourth-order valence-corrected chi connectivity index (χ4v) is 1.83.